The number of hydrogen-bond acceptors (Lipinski definition) is 6. The van der Waals surface area contributed by atoms with Gasteiger partial charge in [0.15, 0.2) is 0 Å². The Hall–Kier alpha value is -4.71. The van der Waals surface area contributed by atoms with Gasteiger partial charge in [-0.1, -0.05) is 62.4 Å². The lowest BCUT2D eigenvalue weighted by atomic mass is 10.0. The molecular weight excluding hydrogens is 542 g/mol. The molecule has 2 aromatic carbocycles. The van der Waals surface area contributed by atoms with Gasteiger partial charge in [0.1, 0.15) is 18.1 Å². The lowest BCUT2D eigenvalue weighted by Crippen LogP contribution is -2.58. The predicted molar refractivity (Wildman–Crippen MR) is 155 cm³/mol. The number of benzene rings is 2. The largest absolute Gasteiger partial charge is 0.481 e. The number of hydrogen-bond donors (Lipinski definition) is 7. The average Bonchev–Trinajstić information content (AvgIpc) is 3.34. The zero-order chi connectivity index (χ0) is 30.8. The summed E-state index contributed by atoms with van der Waals surface area (Å²) in [7, 11) is 0. The molecule has 12 heteroatoms. The zero-order valence-electron chi connectivity index (χ0n) is 23.5. The number of aromatic amines is 1. The number of carbonyl (C=O) groups is 5. The van der Waals surface area contributed by atoms with E-state index in [9.17, 15) is 34.2 Å². The normalized spacial score (nSPS) is 14.0. The summed E-state index contributed by atoms with van der Waals surface area (Å²) in [4.78, 5) is 65.8. The van der Waals surface area contributed by atoms with Crippen molar-refractivity contribution in [1.29, 1.82) is 0 Å². The highest BCUT2D eigenvalue weighted by molar-refractivity contribution is 5.96. The molecule has 4 atom stereocenters. The maximum Gasteiger partial charge on any atom is 0.326 e. The smallest absolute Gasteiger partial charge is 0.326 e. The highest BCUT2D eigenvalue weighted by atomic mass is 16.4. The van der Waals surface area contributed by atoms with Crippen LogP contribution in [0.3, 0.4) is 0 Å². The van der Waals surface area contributed by atoms with Crippen LogP contribution >= 0.6 is 0 Å². The van der Waals surface area contributed by atoms with Gasteiger partial charge in [-0.15, -0.1) is 0 Å². The standard InChI is InChI=1S/C30H37N5O7/c1-17(2)12-23(33-27(38)21(31)14-19-16-32-22-11-7-6-10-20(19)22)28(39)34-24(15-26(36)37)29(40)35-25(30(41)42)13-18-8-4-3-5-9-18/h3-11,16-17,21,23-25,32H,12-15,31H2,1-2H3,(H,33,38)(H,34,39)(H,35,40)(H,36,37)(H,41,42). The monoisotopic (exact) mass is 579 g/mol. The van der Waals surface area contributed by atoms with Crippen LogP contribution in [0, 0.1) is 5.92 Å². The van der Waals surface area contributed by atoms with Gasteiger partial charge in [0.2, 0.25) is 17.7 Å². The molecule has 0 spiro atoms. The summed E-state index contributed by atoms with van der Waals surface area (Å²) in [5, 5.41) is 27.3. The Bertz CT molecular complexity index is 1410. The van der Waals surface area contributed by atoms with Gasteiger partial charge in [-0.3, -0.25) is 19.2 Å². The number of carboxylic acid groups (broad SMARTS) is 2. The van der Waals surface area contributed by atoms with Crippen LogP contribution < -0.4 is 21.7 Å². The third-order valence-electron chi connectivity index (χ3n) is 6.70. The van der Waals surface area contributed by atoms with E-state index in [2.05, 4.69) is 20.9 Å². The average molecular weight is 580 g/mol. The third kappa shape index (κ3) is 9.16. The molecule has 0 saturated carbocycles. The molecule has 0 bridgehead atoms. The summed E-state index contributed by atoms with van der Waals surface area (Å²) < 4.78 is 0. The number of amides is 3. The number of para-hydroxylation sites is 1. The molecule has 8 N–H and O–H groups in total. The third-order valence-corrected chi connectivity index (χ3v) is 6.70. The molecule has 224 valence electrons. The highest BCUT2D eigenvalue weighted by Gasteiger charge is 2.32. The molecule has 0 saturated heterocycles. The number of fused-ring (bicyclic) bond motifs is 1. The Kier molecular flexibility index (Phi) is 11.2. The molecule has 1 heterocycles. The van der Waals surface area contributed by atoms with Crippen LogP contribution in [0.15, 0.2) is 60.8 Å². The van der Waals surface area contributed by atoms with Crippen molar-refractivity contribution in [1.82, 2.24) is 20.9 Å². The second kappa shape index (κ2) is 14.8. The number of aliphatic carboxylic acids is 2. The van der Waals surface area contributed by atoms with Crippen LogP contribution in [0.2, 0.25) is 0 Å². The molecule has 0 aliphatic heterocycles. The molecule has 3 amide bonds. The van der Waals surface area contributed by atoms with Gasteiger partial charge in [-0.2, -0.15) is 0 Å². The minimum Gasteiger partial charge on any atom is -0.481 e. The second-order valence-electron chi connectivity index (χ2n) is 10.6. The fourth-order valence-corrected chi connectivity index (χ4v) is 4.59. The van der Waals surface area contributed by atoms with Crippen LogP contribution in [0.4, 0.5) is 0 Å². The van der Waals surface area contributed by atoms with Crippen LogP contribution in [-0.2, 0) is 36.8 Å². The molecule has 0 aliphatic rings. The molecule has 3 aromatic rings. The molecular formula is C30H37N5O7. The number of H-pyrrole nitrogens is 1. The van der Waals surface area contributed by atoms with Crippen LogP contribution in [0.5, 0.6) is 0 Å². The number of nitrogens with two attached hydrogens (primary N) is 1. The van der Waals surface area contributed by atoms with Crippen LogP contribution in [0.25, 0.3) is 10.9 Å². The number of aromatic nitrogens is 1. The van der Waals surface area contributed by atoms with Crippen molar-refractivity contribution in [3.05, 3.63) is 71.9 Å². The first-order valence-corrected chi connectivity index (χ1v) is 13.6. The maximum absolute atomic E-state index is 13.3. The molecule has 0 fully saturated rings. The molecule has 42 heavy (non-hydrogen) atoms. The summed E-state index contributed by atoms with van der Waals surface area (Å²) in [5.41, 5.74) is 8.56. The molecule has 0 radical (unpaired) electrons. The Morgan fingerprint density at radius 1 is 0.786 bits per heavy atom. The van der Waals surface area contributed by atoms with E-state index in [1.54, 1.807) is 36.5 Å². The maximum atomic E-state index is 13.3. The van der Waals surface area contributed by atoms with Gasteiger partial charge in [-0.25, -0.2) is 4.79 Å². The van der Waals surface area contributed by atoms with E-state index in [4.69, 9.17) is 5.73 Å². The number of rotatable bonds is 15. The van der Waals surface area contributed by atoms with E-state index < -0.39 is 60.2 Å². The van der Waals surface area contributed by atoms with Crippen molar-refractivity contribution >= 4 is 40.6 Å². The lowest BCUT2D eigenvalue weighted by Gasteiger charge is -2.25. The Morgan fingerprint density at radius 2 is 1.38 bits per heavy atom. The SMILES string of the molecule is CC(C)CC(NC(=O)C(N)Cc1c[nH]c2ccccc12)C(=O)NC(CC(=O)O)C(=O)NC(Cc1ccccc1)C(=O)O. The van der Waals surface area contributed by atoms with Crippen molar-refractivity contribution < 1.29 is 34.2 Å². The van der Waals surface area contributed by atoms with Gasteiger partial charge in [0.25, 0.3) is 0 Å². The topological polar surface area (TPSA) is 204 Å². The van der Waals surface area contributed by atoms with E-state index in [1.807, 2.05) is 38.1 Å². The van der Waals surface area contributed by atoms with Crippen LogP contribution in [0.1, 0.15) is 37.8 Å². The Balaban J connectivity index is 1.70. The summed E-state index contributed by atoms with van der Waals surface area (Å²) in [6.07, 6.45) is 1.32. The van der Waals surface area contributed by atoms with Crippen molar-refractivity contribution in [2.75, 3.05) is 0 Å². The zero-order valence-corrected chi connectivity index (χ0v) is 23.5. The first-order valence-electron chi connectivity index (χ1n) is 13.6. The van der Waals surface area contributed by atoms with Gasteiger partial charge < -0.3 is 36.9 Å². The summed E-state index contributed by atoms with van der Waals surface area (Å²) in [6.45, 7) is 3.67. The molecule has 0 aliphatic carbocycles. The molecule has 1 aromatic heterocycles. The van der Waals surface area contributed by atoms with Crippen molar-refractivity contribution in [3.63, 3.8) is 0 Å². The van der Waals surface area contributed by atoms with Gasteiger partial charge >= 0.3 is 11.9 Å². The first kappa shape index (κ1) is 31.8. The van der Waals surface area contributed by atoms with E-state index in [0.29, 0.717) is 5.56 Å². The minimum absolute atomic E-state index is 0.0456. The van der Waals surface area contributed by atoms with E-state index >= 15 is 0 Å². The first-order chi connectivity index (χ1) is 19.9. The summed E-state index contributed by atoms with van der Waals surface area (Å²) >= 11 is 0. The van der Waals surface area contributed by atoms with E-state index in [0.717, 1.165) is 16.5 Å². The molecule has 4 unspecified atom stereocenters. The number of carbonyl (C=O) groups excluding carboxylic acids is 3. The molecule has 12 nitrogen and oxygen atoms in total. The van der Waals surface area contributed by atoms with Crippen molar-refractivity contribution in [2.45, 2.75) is 63.7 Å². The second-order valence-corrected chi connectivity index (χ2v) is 10.6. The quantitative estimate of drug-likeness (QED) is 0.140. The summed E-state index contributed by atoms with van der Waals surface area (Å²) in [5.74, 6) is -5.10. The van der Waals surface area contributed by atoms with E-state index in [1.165, 1.54) is 0 Å². The minimum atomic E-state index is -1.58. The van der Waals surface area contributed by atoms with Gasteiger partial charge in [0.05, 0.1) is 12.5 Å². The predicted octanol–water partition coefficient (Wildman–Crippen LogP) is 1.34. The Labute approximate surface area is 243 Å². The fraction of sp³-hybridized carbons (Fsp3) is 0.367. The fourth-order valence-electron chi connectivity index (χ4n) is 4.59. The lowest BCUT2D eigenvalue weighted by molar-refractivity contribution is -0.143. The molecule has 3 rings (SSSR count). The number of carboxylic acids is 2. The van der Waals surface area contributed by atoms with Gasteiger partial charge in [-0.05, 0) is 36.0 Å². The Morgan fingerprint density at radius 3 is 2.02 bits per heavy atom. The number of nitrogens with one attached hydrogen (secondary N) is 4. The van der Waals surface area contributed by atoms with Crippen molar-refractivity contribution in [2.24, 2.45) is 11.7 Å². The van der Waals surface area contributed by atoms with E-state index in [-0.39, 0.29) is 25.2 Å². The highest BCUT2D eigenvalue weighted by Crippen LogP contribution is 2.19. The van der Waals surface area contributed by atoms with Gasteiger partial charge in [0, 0.05) is 23.5 Å². The van der Waals surface area contributed by atoms with Crippen molar-refractivity contribution in [3.8, 4) is 0 Å². The summed E-state index contributed by atoms with van der Waals surface area (Å²) in [6, 6.07) is 11.1. The van der Waals surface area contributed by atoms with Crippen LogP contribution in [-0.4, -0.2) is 69.0 Å².